The molecule has 0 aromatic heterocycles. The molecule has 2 nitrogen and oxygen atoms in total. The van der Waals surface area contributed by atoms with Crippen molar-refractivity contribution in [3.63, 3.8) is 0 Å². The van der Waals surface area contributed by atoms with Crippen molar-refractivity contribution in [3.8, 4) is 0 Å². The maximum atomic E-state index is 12.1. The number of nitrogens with two attached hydrogens (primary N) is 1. The third-order valence-electron chi connectivity index (χ3n) is 3.34. The quantitative estimate of drug-likeness (QED) is 0.875. The normalized spacial score (nSPS) is 19.2. The van der Waals surface area contributed by atoms with Gasteiger partial charge in [0.1, 0.15) is 0 Å². The van der Waals surface area contributed by atoms with Gasteiger partial charge < -0.3 is 5.73 Å². The van der Waals surface area contributed by atoms with Crippen molar-refractivity contribution in [1.29, 1.82) is 0 Å². The molecule has 1 saturated carbocycles. The average Bonchev–Trinajstić information content (AvgIpc) is 3.04. The van der Waals surface area contributed by atoms with Gasteiger partial charge in [-0.1, -0.05) is 29.8 Å². The van der Waals surface area contributed by atoms with Gasteiger partial charge >= 0.3 is 0 Å². The van der Waals surface area contributed by atoms with Gasteiger partial charge in [-0.05, 0) is 37.3 Å². The minimum absolute atomic E-state index is 0.0862. The molecule has 0 saturated heterocycles. The Balaban J connectivity index is 2.10. The Morgan fingerprint density at radius 1 is 1.50 bits per heavy atom. The molecule has 0 spiro atoms. The molecule has 0 amide bonds. The van der Waals surface area contributed by atoms with Gasteiger partial charge in [-0.2, -0.15) is 0 Å². The lowest BCUT2D eigenvalue weighted by Crippen LogP contribution is -2.47. The molecule has 16 heavy (non-hydrogen) atoms. The van der Waals surface area contributed by atoms with Gasteiger partial charge in [0, 0.05) is 11.4 Å². The zero-order valence-electron chi connectivity index (χ0n) is 9.37. The Hall–Kier alpha value is -0.860. The number of ketones is 1. The Bertz CT molecular complexity index is 410. The fourth-order valence-electron chi connectivity index (χ4n) is 1.92. The van der Waals surface area contributed by atoms with Gasteiger partial charge in [0.15, 0.2) is 5.78 Å². The van der Waals surface area contributed by atoms with Crippen molar-refractivity contribution in [2.24, 2.45) is 11.7 Å². The minimum Gasteiger partial charge on any atom is -0.319 e. The molecule has 2 N–H and O–H groups in total. The van der Waals surface area contributed by atoms with E-state index >= 15 is 0 Å². The number of Topliss-reactive ketones (excluding diaryl/α,β-unsaturated/α-hetero) is 1. The SMILES string of the molecule is CC(N)(C(=O)Cc1ccccc1Cl)C1CC1. The van der Waals surface area contributed by atoms with Crippen LogP contribution in [0.15, 0.2) is 24.3 Å². The first-order valence-corrected chi connectivity index (χ1v) is 5.95. The largest absolute Gasteiger partial charge is 0.319 e. The smallest absolute Gasteiger partial charge is 0.157 e. The summed E-state index contributed by atoms with van der Waals surface area (Å²) in [5.74, 6) is 0.450. The molecule has 1 aromatic rings. The number of benzene rings is 1. The zero-order valence-corrected chi connectivity index (χ0v) is 10.1. The van der Waals surface area contributed by atoms with E-state index < -0.39 is 5.54 Å². The van der Waals surface area contributed by atoms with Gasteiger partial charge in [-0.25, -0.2) is 0 Å². The fourth-order valence-corrected chi connectivity index (χ4v) is 2.12. The van der Waals surface area contributed by atoms with E-state index in [0.29, 0.717) is 17.4 Å². The van der Waals surface area contributed by atoms with Gasteiger partial charge in [0.05, 0.1) is 5.54 Å². The first kappa shape index (κ1) is 11.6. The standard InChI is InChI=1S/C13H16ClNO/c1-13(15,10-6-7-10)12(16)8-9-4-2-3-5-11(9)14/h2-5,10H,6-8,15H2,1H3. The van der Waals surface area contributed by atoms with Gasteiger partial charge in [-0.15, -0.1) is 0 Å². The molecule has 1 atom stereocenters. The van der Waals surface area contributed by atoms with Crippen molar-refractivity contribution in [1.82, 2.24) is 0 Å². The second kappa shape index (κ2) is 4.19. The molecule has 86 valence electrons. The lowest BCUT2D eigenvalue weighted by atomic mass is 9.88. The third-order valence-corrected chi connectivity index (χ3v) is 3.70. The van der Waals surface area contributed by atoms with Crippen LogP contribution in [0.4, 0.5) is 0 Å². The predicted molar refractivity (Wildman–Crippen MR) is 65.5 cm³/mol. The van der Waals surface area contributed by atoms with E-state index in [1.165, 1.54) is 0 Å². The molecule has 0 aliphatic heterocycles. The number of carbonyl (C=O) groups excluding carboxylic acids is 1. The summed E-state index contributed by atoms with van der Waals surface area (Å²) in [5.41, 5.74) is 6.26. The summed E-state index contributed by atoms with van der Waals surface area (Å²) in [6.45, 7) is 1.84. The summed E-state index contributed by atoms with van der Waals surface area (Å²) in [5, 5.41) is 0.641. The van der Waals surface area contributed by atoms with Crippen molar-refractivity contribution in [2.75, 3.05) is 0 Å². The van der Waals surface area contributed by atoms with E-state index in [1.54, 1.807) is 6.07 Å². The third kappa shape index (κ3) is 2.28. The molecule has 1 aliphatic carbocycles. The summed E-state index contributed by atoms with van der Waals surface area (Å²) in [6.07, 6.45) is 2.48. The molecule has 1 unspecified atom stereocenters. The van der Waals surface area contributed by atoms with Gasteiger partial charge in [0.25, 0.3) is 0 Å². The average molecular weight is 238 g/mol. The van der Waals surface area contributed by atoms with Crippen LogP contribution in [0.3, 0.4) is 0 Å². The van der Waals surface area contributed by atoms with Crippen LogP contribution >= 0.6 is 11.6 Å². The molecule has 0 radical (unpaired) electrons. The van der Waals surface area contributed by atoms with E-state index in [4.69, 9.17) is 17.3 Å². The van der Waals surface area contributed by atoms with E-state index in [1.807, 2.05) is 25.1 Å². The molecular formula is C13H16ClNO. The second-order valence-electron chi connectivity index (χ2n) is 4.75. The maximum absolute atomic E-state index is 12.1. The second-order valence-corrected chi connectivity index (χ2v) is 5.16. The van der Waals surface area contributed by atoms with Crippen LogP contribution in [0.2, 0.25) is 5.02 Å². The van der Waals surface area contributed by atoms with Crippen molar-refractivity contribution in [3.05, 3.63) is 34.9 Å². The zero-order chi connectivity index (χ0) is 11.8. The maximum Gasteiger partial charge on any atom is 0.157 e. The summed E-state index contributed by atoms with van der Waals surface area (Å²) < 4.78 is 0. The molecule has 1 aliphatic rings. The highest BCUT2D eigenvalue weighted by atomic mass is 35.5. The fraction of sp³-hybridized carbons (Fsp3) is 0.462. The van der Waals surface area contributed by atoms with Crippen LogP contribution in [0.25, 0.3) is 0 Å². The first-order chi connectivity index (χ1) is 7.51. The first-order valence-electron chi connectivity index (χ1n) is 5.57. The number of rotatable bonds is 4. The van der Waals surface area contributed by atoms with Crippen LogP contribution < -0.4 is 5.73 Å². The Labute approximate surface area is 101 Å². The number of hydrogen-bond acceptors (Lipinski definition) is 2. The number of halogens is 1. The van der Waals surface area contributed by atoms with Crippen LogP contribution in [0.1, 0.15) is 25.3 Å². The van der Waals surface area contributed by atoms with Crippen LogP contribution in [0.5, 0.6) is 0 Å². The number of carbonyl (C=O) groups is 1. The summed E-state index contributed by atoms with van der Waals surface area (Å²) in [6, 6.07) is 7.43. The van der Waals surface area contributed by atoms with Crippen LogP contribution in [0, 0.1) is 5.92 Å². The highest BCUT2D eigenvalue weighted by Gasteiger charge is 2.43. The van der Waals surface area contributed by atoms with E-state index in [2.05, 4.69) is 0 Å². The minimum atomic E-state index is -0.681. The van der Waals surface area contributed by atoms with Crippen molar-refractivity contribution >= 4 is 17.4 Å². The highest BCUT2D eigenvalue weighted by molar-refractivity contribution is 6.31. The summed E-state index contributed by atoms with van der Waals surface area (Å²) in [4.78, 5) is 12.1. The lowest BCUT2D eigenvalue weighted by molar-refractivity contribution is -0.123. The van der Waals surface area contributed by atoms with Crippen LogP contribution in [-0.4, -0.2) is 11.3 Å². The Morgan fingerprint density at radius 2 is 2.12 bits per heavy atom. The summed E-state index contributed by atoms with van der Waals surface area (Å²) in [7, 11) is 0. The van der Waals surface area contributed by atoms with Gasteiger partial charge in [0.2, 0.25) is 0 Å². The molecule has 1 aromatic carbocycles. The predicted octanol–water partition coefficient (Wildman–Crippen LogP) is 2.58. The van der Waals surface area contributed by atoms with E-state index in [-0.39, 0.29) is 5.78 Å². The molecule has 0 bridgehead atoms. The van der Waals surface area contributed by atoms with E-state index in [9.17, 15) is 4.79 Å². The Kier molecular flexibility index (Phi) is 3.04. The molecule has 0 heterocycles. The van der Waals surface area contributed by atoms with Crippen molar-refractivity contribution in [2.45, 2.75) is 31.7 Å². The molecule has 1 fully saturated rings. The lowest BCUT2D eigenvalue weighted by Gasteiger charge is -2.22. The summed E-state index contributed by atoms with van der Waals surface area (Å²) >= 11 is 6.02. The molecular weight excluding hydrogens is 222 g/mol. The molecule has 3 heteroatoms. The van der Waals surface area contributed by atoms with Crippen molar-refractivity contribution < 1.29 is 4.79 Å². The molecule has 2 rings (SSSR count). The topological polar surface area (TPSA) is 43.1 Å². The van der Waals surface area contributed by atoms with E-state index in [0.717, 1.165) is 18.4 Å². The van der Waals surface area contributed by atoms with Crippen LogP contribution in [-0.2, 0) is 11.2 Å². The highest BCUT2D eigenvalue weighted by Crippen LogP contribution is 2.39. The monoisotopic (exact) mass is 237 g/mol. The Morgan fingerprint density at radius 3 is 2.69 bits per heavy atom. The number of hydrogen-bond donors (Lipinski definition) is 1. The van der Waals surface area contributed by atoms with Gasteiger partial charge in [-0.3, -0.25) is 4.79 Å².